The van der Waals surface area contributed by atoms with E-state index in [1.165, 1.54) is 0 Å². The molecular formula is C39H34O. The third kappa shape index (κ3) is 4.95. The van der Waals surface area contributed by atoms with Crippen molar-refractivity contribution in [3.8, 4) is 11.1 Å². The minimum Gasteiger partial charge on any atom is -0.455 e. The SMILES string of the molecule is C=Cc1oc2c(ccc3ccccc32)c1C(=C\C=C/C)/C(=C(/C=C\C)C(=C)C)c1ccccc1-c1ccccc1. The summed E-state index contributed by atoms with van der Waals surface area (Å²) in [6.07, 6.45) is 12.4. The van der Waals surface area contributed by atoms with Crippen LogP contribution in [-0.2, 0) is 0 Å². The van der Waals surface area contributed by atoms with E-state index in [2.05, 4.69) is 141 Å². The first-order valence-electron chi connectivity index (χ1n) is 13.7. The van der Waals surface area contributed by atoms with Gasteiger partial charge < -0.3 is 4.42 Å². The zero-order valence-corrected chi connectivity index (χ0v) is 23.4. The topological polar surface area (TPSA) is 13.1 Å². The molecule has 0 aliphatic heterocycles. The number of rotatable bonds is 8. The van der Waals surface area contributed by atoms with Crippen LogP contribution in [0.5, 0.6) is 0 Å². The van der Waals surface area contributed by atoms with Crippen LogP contribution in [0, 0.1) is 0 Å². The summed E-state index contributed by atoms with van der Waals surface area (Å²) in [7, 11) is 0. The normalized spacial score (nSPS) is 12.9. The van der Waals surface area contributed by atoms with Gasteiger partial charge in [0, 0.05) is 16.3 Å². The van der Waals surface area contributed by atoms with Crippen LogP contribution in [0.4, 0.5) is 0 Å². The molecule has 1 heteroatoms. The second-order valence-electron chi connectivity index (χ2n) is 9.80. The molecule has 0 bridgehead atoms. The smallest absolute Gasteiger partial charge is 0.143 e. The molecule has 4 aromatic carbocycles. The predicted octanol–water partition coefficient (Wildman–Crippen LogP) is 11.5. The maximum atomic E-state index is 6.58. The van der Waals surface area contributed by atoms with Gasteiger partial charge in [0.1, 0.15) is 11.3 Å². The van der Waals surface area contributed by atoms with Crippen LogP contribution in [0.15, 0.2) is 150 Å². The maximum Gasteiger partial charge on any atom is 0.143 e. The lowest BCUT2D eigenvalue weighted by molar-refractivity contribution is 0.606. The molecule has 0 fully saturated rings. The Labute approximate surface area is 237 Å². The van der Waals surface area contributed by atoms with Crippen molar-refractivity contribution in [3.05, 3.63) is 163 Å². The van der Waals surface area contributed by atoms with Gasteiger partial charge in [0.2, 0.25) is 0 Å². The van der Waals surface area contributed by atoms with Crippen LogP contribution in [0.25, 0.3) is 50.1 Å². The standard InChI is InChI=1S/C39H34O/c1-6-9-21-34(38-35-26-25-29-20-13-14-23-32(29)39(35)40-36(38)8-3)37(30(17-7-2)27(4)5)33-24-16-15-22-31(33)28-18-11-10-12-19-28/h6-26H,3-4H2,1-2,5H3/b9-6-,17-7-,34-21-,37-30-. The molecule has 0 spiro atoms. The summed E-state index contributed by atoms with van der Waals surface area (Å²) in [5, 5.41) is 3.29. The van der Waals surface area contributed by atoms with E-state index in [-0.39, 0.29) is 0 Å². The van der Waals surface area contributed by atoms with Crippen molar-refractivity contribution in [2.75, 3.05) is 0 Å². The first-order chi connectivity index (χ1) is 19.6. The molecule has 0 saturated carbocycles. The zero-order chi connectivity index (χ0) is 28.1. The molecule has 40 heavy (non-hydrogen) atoms. The first-order valence-corrected chi connectivity index (χ1v) is 13.7. The number of benzene rings is 4. The van der Waals surface area contributed by atoms with Gasteiger partial charge >= 0.3 is 0 Å². The van der Waals surface area contributed by atoms with E-state index in [0.717, 1.165) is 72.0 Å². The van der Waals surface area contributed by atoms with E-state index in [4.69, 9.17) is 4.42 Å². The Kier molecular flexibility index (Phi) is 7.94. The molecule has 0 N–H and O–H groups in total. The predicted molar refractivity (Wildman–Crippen MR) is 175 cm³/mol. The van der Waals surface area contributed by atoms with E-state index < -0.39 is 0 Å². The third-order valence-corrected chi connectivity index (χ3v) is 7.13. The van der Waals surface area contributed by atoms with Crippen LogP contribution in [-0.4, -0.2) is 0 Å². The summed E-state index contributed by atoms with van der Waals surface area (Å²) in [4.78, 5) is 0. The molecule has 0 aliphatic carbocycles. The van der Waals surface area contributed by atoms with Crippen molar-refractivity contribution in [2.45, 2.75) is 20.8 Å². The average Bonchev–Trinajstić information content (AvgIpc) is 3.38. The van der Waals surface area contributed by atoms with Crippen LogP contribution < -0.4 is 0 Å². The number of hydrogen-bond acceptors (Lipinski definition) is 1. The summed E-state index contributed by atoms with van der Waals surface area (Å²) >= 11 is 0. The molecule has 196 valence electrons. The third-order valence-electron chi connectivity index (χ3n) is 7.13. The molecule has 0 atom stereocenters. The van der Waals surface area contributed by atoms with Gasteiger partial charge in [-0.1, -0.05) is 134 Å². The van der Waals surface area contributed by atoms with Gasteiger partial charge in [-0.15, -0.1) is 0 Å². The van der Waals surface area contributed by atoms with Gasteiger partial charge in [-0.25, -0.2) is 0 Å². The Hall–Kier alpha value is -4.88. The van der Waals surface area contributed by atoms with Crippen molar-refractivity contribution >= 4 is 39.0 Å². The average molecular weight is 519 g/mol. The number of fused-ring (bicyclic) bond motifs is 3. The van der Waals surface area contributed by atoms with E-state index >= 15 is 0 Å². The summed E-state index contributed by atoms with van der Waals surface area (Å²) in [6, 6.07) is 31.9. The Morgan fingerprint density at radius 3 is 2.23 bits per heavy atom. The van der Waals surface area contributed by atoms with Gasteiger partial charge in [0.25, 0.3) is 0 Å². The van der Waals surface area contributed by atoms with Gasteiger partial charge in [-0.3, -0.25) is 0 Å². The fourth-order valence-corrected chi connectivity index (χ4v) is 5.36. The van der Waals surface area contributed by atoms with Gasteiger partial charge in [-0.2, -0.15) is 0 Å². The summed E-state index contributed by atoms with van der Waals surface area (Å²) in [6.45, 7) is 14.7. The van der Waals surface area contributed by atoms with E-state index in [9.17, 15) is 0 Å². The summed E-state index contributed by atoms with van der Waals surface area (Å²) < 4.78 is 6.58. The minimum atomic E-state index is 0.748. The summed E-state index contributed by atoms with van der Waals surface area (Å²) in [5.74, 6) is 0.748. The Bertz CT molecular complexity index is 1830. The van der Waals surface area contributed by atoms with E-state index in [0.29, 0.717) is 0 Å². The van der Waals surface area contributed by atoms with Crippen LogP contribution in [0.3, 0.4) is 0 Å². The highest BCUT2D eigenvalue weighted by Crippen LogP contribution is 2.46. The van der Waals surface area contributed by atoms with E-state index in [1.807, 2.05) is 19.9 Å². The highest BCUT2D eigenvalue weighted by molar-refractivity contribution is 6.18. The molecule has 1 aromatic heterocycles. The molecular weight excluding hydrogens is 484 g/mol. The second kappa shape index (κ2) is 11.9. The maximum absolute atomic E-state index is 6.58. The molecule has 0 aliphatic rings. The highest BCUT2D eigenvalue weighted by atomic mass is 16.3. The first kappa shape index (κ1) is 26.7. The lowest BCUT2D eigenvalue weighted by Gasteiger charge is -2.21. The Balaban J connectivity index is 1.94. The van der Waals surface area contributed by atoms with Crippen LogP contribution in [0.2, 0.25) is 0 Å². The zero-order valence-electron chi connectivity index (χ0n) is 23.4. The van der Waals surface area contributed by atoms with Gasteiger partial charge in [0.05, 0.1) is 0 Å². The van der Waals surface area contributed by atoms with Crippen molar-refractivity contribution in [1.29, 1.82) is 0 Å². The molecule has 1 nitrogen and oxygen atoms in total. The lowest BCUT2D eigenvalue weighted by atomic mass is 9.82. The van der Waals surface area contributed by atoms with Crippen LogP contribution >= 0.6 is 0 Å². The Morgan fingerprint density at radius 2 is 1.50 bits per heavy atom. The molecule has 0 radical (unpaired) electrons. The minimum absolute atomic E-state index is 0.748. The quantitative estimate of drug-likeness (QED) is 0.186. The summed E-state index contributed by atoms with van der Waals surface area (Å²) in [5.41, 5.74) is 9.56. The lowest BCUT2D eigenvalue weighted by Crippen LogP contribution is -1.99. The molecule has 5 rings (SSSR count). The van der Waals surface area contributed by atoms with Crippen molar-refractivity contribution in [3.63, 3.8) is 0 Å². The fraction of sp³-hybridized carbons (Fsp3) is 0.0769. The van der Waals surface area contributed by atoms with Crippen molar-refractivity contribution in [1.82, 2.24) is 0 Å². The van der Waals surface area contributed by atoms with Crippen molar-refractivity contribution < 1.29 is 4.42 Å². The highest BCUT2D eigenvalue weighted by Gasteiger charge is 2.24. The monoisotopic (exact) mass is 518 g/mol. The van der Waals surface area contributed by atoms with Crippen LogP contribution in [0.1, 0.15) is 37.7 Å². The molecule has 5 aromatic rings. The molecule has 0 saturated heterocycles. The van der Waals surface area contributed by atoms with Gasteiger partial charge in [-0.05, 0) is 71.7 Å². The van der Waals surface area contributed by atoms with E-state index in [1.54, 1.807) is 0 Å². The molecule has 0 unspecified atom stereocenters. The Morgan fingerprint density at radius 1 is 0.775 bits per heavy atom. The second-order valence-corrected chi connectivity index (χ2v) is 9.80. The number of furan rings is 1. The fourth-order valence-electron chi connectivity index (χ4n) is 5.36. The van der Waals surface area contributed by atoms with Crippen molar-refractivity contribution in [2.24, 2.45) is 0 Å². The largest absolute Gasteiger partial charge is 0.455 e. The molecule has 0 amide bonds. The molecule has 1 heterocycles. The number of hydrogen-bond donors (Lipinski definition) is 0. The number of allylic oxidation sites excluding steroid dienone is 9. The van der Waals surface area contributed by atoms with Gasteiger partial charge in [0.15, 0.2) is 0 Å².